The lowest BCUT2D eigenvalue weighted by molar-refractivity contribution is 0.143. The molecule has 0 saturated heterocycles. The molecule has 1 heterocycles. The van der Waals surface area contributed by atoms with Gasteiger partial charge in [0.15, 0.2) is 0 Å². The molecule has 1 rings (SSSR count). The smallest absolute Gasteiger partial charge is 0.232 e. The highest BCUT2D eigenvalue weighted by molar-refractivity contribution is 5.06. The number of aromatic nitrogens is 2. The van der Waals surface area contributed by atoms with Gasteiger partial charge in [-0.3, -0.25) is 4.98 Å². The van der Waals surface area contributed by atoms with Crippen molar-refractivity contribution < 1.29 is 9.47 Å². The third-order valence-corrected chi connectivity index (χ3v) is 1.27. The monoisotopic (exact) mass is 168 g/mol. The lowest BCUT2D eigenvalue weighted by Crippen LogP contribution is -2.05. The molecule has 0 bridgehead atoms. The van der Waals surface area contributed by atoms with Crippen molar-refractivity contribution in [3.05, 3.63) is 18.1 Å². The third-order valence-electron chi connectivity index (χ3n) is 1.27. The molecule has 1 aromatic rings. The predicted octanol–water partition coefficient (Wildman–Crippen LogP) is 0.810. The van der Waals surface area contributed by atoms with Gasteiger partial charge in [-0.2, -0.15) is 0 Å². The first-order valence-corrected chi connectivity index (χ1v) is 3.73. The van der Waals surface area contributed by atoms with Gasteiger partial charge >= 0.3 is 0 Å². The standard InChI is InChI=1S/C8H12N2O2/c1-7-5-9-6-8(10-7)12-4-3-11-2/h5-6H,3-4H2,1-2H3. The van der Waals surface area contributed by atoms with Gasteiger partial charge in [0, 0.05) is 13.3 Å². The van der Waals surface area contributed by atoms with Crippen molar-refractivity contribution >= 4 is 0 Å². The van der Waals surface area contributed by atoms with Gasteiger partial charge in [0.2, 0.25) is 5.88 Å². The molecule has 1 aromatic heterocycles. The second-order valence-corrected chi connectivity index (χ2v) is 2.34. The number of rotatable bonds is 4. The van der Waals surface area contributed by atoms with E-state index in [0.717, 1.165) is 5.69 Å². The van der Waals surface area contributed by atoms with Gasteiger partial charge < -0.3 is 9.47 Å². The summed E-state index contributed by atoms with van der Waals surface area (Å²) in [5, 5.41) is 0. The zero-order valence-corrected chi connectivity index (χ0v) is 7.28. The maximum Gasteiger partial charge on any atom is 0.232 e. The Hall–Kier alpha value is -1.16. The Morgan fingerprint density at radius 2 is 2.17 bits per heavy atom. The maximum absolute atomic E-state index is 5.23. The van der Waals surface area contributed by atoms with E-state index < -0.39 is 0 Å². The fourth-order valence-electron chi connectivity index (χ4n) is 0.740. The highest BCUT2D eigenvalue weighted by atomic mass is 16.5. The average molecular weight is 168 g/mol. The molecule has 0 saturated carbocycles. The van der Waals surface area contributed by atoms with Crippen molar-refractivity contribution in [1.29, 1.82) is 0 Å². The summed E-state index contributed by atoms with van der Waals surface area (Å²) in [4.78, 5) is 8.04. The van der Waals surface area contributed by atoms with Gasteiger partial charge in [0.1, 0.15) is 6.61 Å². The second-order valence-electron chi connectivity index (χ2n) is 2.34. The minimum atomic E-state index is 0.509. The number of ether oxygens (including phenoxy) is 2. The van der Waals surface area contributed by atoms with E-state index in [9.17, 15) is 0 Å². The molecule has 4 nitrogen and oxygen atoms in total. The van der Waals surface area contributed by atoms with E-state index >= 15 is 0 Å². The molecule has 12 heavy (non-hydrogen) atoms. The lowest BCUT2D eigenvalue weighted by Gasteiger charge is -2.03. The predicted molar refractivity (Wildman–Crippen MR) is 44.1 cm³/mol. The molecule has 0 fully saturated rings. The number of methoxy groups -OCH3 is 1. The van der Waals surface area contributed by atoms with Crippen molar-refractivity contribution in [2.45, 2.75) is 6.92 Å². The van der Waals surface area contributed by atoms with E-state index in [1.807, 2.05) is 6.92 Å². The van der Waals surface area contributed by atoms with E-state index in [-0.39, 0.29) is 0 Å². The van der Waals surface area contributed by atoms with Crippen molar-refractivity contribution in [2.75, 3.05) is 20.3 Å². The van der Waals surface area contributed by atoms with Gasteiger partial charge in [0.25, 0.3) is 0 Å². The first kappa shape index (κ1) is 8.93. The van der Waals surface area contributed by atoms with Crippen LogP contribution in [0.3, 0.4) is 0 Å². The summed E-state index contributed by atoms with van der Waals surface area (Å²) < 4.78 is 10.0. The molecule has 0 aliphatic rings. The summed E-state index contributed by atoms with van der Waals surface area (Å²) in [6.07, 6.45) is 3.27. The first-order chi connectivity index (χ1) is 5.83. The summed E-state index contributed by atoms with van der Waals surface area (Å²) in [7, 11) is 1.63. The molecule has 0 aliphatic carbocycles. The molecule has 0 radical (unpaired) electrons. The number of nitrogens with zero attached hydrogens (tertiary/aromatic N) is 2. The van der Waals surface area contributed by atoms with Crippen LogP contribution in [0.5, 0.6) is 5.88 Å². The molecule has 0 unspecified atom stereocenters. The zero-order valence-electron chi connectivity index (χ0n) is 7.28. The Labute approximate surface area is 71.6 Å². The summed E-state index contributed by atoms with van der Waals surface area (Å²) in [6.45, 7) is 2.94. The SMILES string of the molecule is COCCOc1cncc(C)n1. The molecule has 0 N–H and O–H groups in total. The Kier molecular flexibility index (Phi) is 3.47. The van der Waals surface area contributed by atoms with Crippen LogP contribution in [0.4, 0.5) is 0 Å². The van der Waals surface area contributed by atoms with Crippen LogP contribution in [0.1, 0.15) is 5.69 Å². The molecular weight excluding hydrogens is 156 g/mol. The summed E-state index contributed by atoms with van der Waals surface area (Å²) in [5.41, 5.74) is 0.852. The fraction of sp³-hybridized carbons (Fsp3) is 0.500. The average Bonchev–Trinajstić information content (AvgIpc) is 2.05. The van der Waals surface area contributed by atoms with Crippen molar-refractivity contribution in [3.63, 3.8) is 0 Å². The van der Waals surface area contributed by atoms with Gasteiger partial charge in [-0.1, -0.05) is 0 Å². The molecule has 4 heteroatoms. The molecule has 0 aromatic carbocycles. The van der Waals surface area contributed by atoms with E-state index in [1.54, 1.807) is 19.5 Å². The van der Waals surface area contributed by atoms with Crippen LogP contribution in [0.2, 0.25) is 0 Å². The Balaban J connectivity index is 2.41. The van der Waals surface area contributed by atoms with E-state index in [2.05, 4.69) is 9.97 Å². The topological polar surface area (TPSA) is 44.2 Å². The van der Waals surface area contributed by atoms with Crippen molar-refractivity contribution in [3.8, 4) is 5.88 Å². The zero-order chi connectivity index (χ0) is 8.81. The quantitative estimate of drug-likeness (QED) is 0.624. The molecule has 0 amide bonds. The van der Waals surface area contributed by atoms with Crippen LogP contribution in [0.25, 0.3) is 0 Å². The highest BCUT2D eigenvalue weighted by Crippen LogP contribution is 2.03. The maximum atomic E-state index is 5.23. The van der Waals surface area contributed by atoms with Crippen LogP contribution in [-0.2, 0) is 4.74 Å². The lowest BCUT2D eigenvalue weighted by atomic mass is 10.5. The fourth-order valence-corrected chi connectivity index (χ4v) is 0.740. The molecular formula is C8H12N2O2. The van der Waals surface area contributed by atoms with Crippen LogP contribution in [-0.4, -0.2) is 30.3 Å². The van der Waals surface area contributed by atoms with Crippen LogP contribution >= 0.6 is 0 Å². The normalized spacial score (nSPS) is 9.83. The van der Waals surface area contributed by atoms with E-state index in [4.69, 9.17) is 9.47 Å². The van der Waals surface area contributed by atoms with Crippen LogP contribution in [0.15, 0.2) is 12.4 Å². The van der Waals surface area contributed by atoms with Gasteiger partial charge in [-0.25, -0.2) is 4.98 Å². The molecule has 0 spiro atoms. The van der Waals surface area contributed by atoms with Gasteiger partial charge in [-0.05, 0) is 6.92 Å². The molecule has 66 valence electrons. The minimum Gasteiger partial charge on any atom is -0.474 e. The first-order valence-electron chi connectivity index (χ1n) is 3.73. The largest absolute Gasteiger partial charge is 0.474 e. The summed E-state index contributed by atoms with van der Waals surface area (Å²) >= 11 is 0. The highest BCUT2D eigenvalue weighted by Gasteiger charge is 1.94. The summed E-state index contributed by atoms with van der Waals surface area (Å²) in [5.74, 6) is 0.548. The van der Waals surface area contributed by atoms with Gasteiger partial charge in [-0.15, -0.1) is 0 Å². The Morgan fingerprint density at radius 3 is 2.83 bits per heavy atom. The van der Waals surface area contributed by atoms with E-state index in [0.29, 0.717) is 19.1 Å². The summed E-state index contributed by atoms with van der Waals surface area (Å²) in [6, 6.07) is 0. The Morgan fingerprint density at radius 1 is 1.33 bits per heavy atom. The second kappa shape index (κ2) is 4.66. The van der Waals surface area contributed by atoms with Crippen LogP contribution in [0, 0.1) is 6.92 Å². The molecule has 0 atom stereocenters. The van der Waals surface area contributed by atoms with Gasteiger partial charge in [0.05, 0.1) is 18.5 Å². The van der Waals surface area contributed by atoms with Crippen molar-refractivity contribution in [2.24, 2.45) is 0 Å². The van der Waals surface area contributed by atoms with Crippen molar-refractivity contribution in [1.82, 2.24) is 9.97 Å². The number of hydrogen-bond donors (Lipinski definition) is 0. The minimum absolute atomic E-state index is 0.509. The number of hydrogen-bond acceptors (Lipinski definition) is 4. The Bertz CT molecular complexity index is 240. The number of aryl methyl sites for hydroxylation is 1. The van der Waals surface area contributed by atoms with Crippen LogP contribution < -0.4 is 4.74 Å². The third kappa shape index (κ3) is 2.84. The molecule has 0 aliphatic heterocycles. The van der Waals surface area contributed by atoms with E-state index in [1.165, 1.54) is 0 Å².